The predicted octanol–water partition coefficient (Wildman–Crippen LogP) is 2.02. The lowest BCUT2D eigenvalue weighted by molar-refractivity contribution is 0.318. The third-order valence-corrected chi connectivity index (χ3v) is 2.25. The second kappa shape index (κ2) is 5.33. The number of nitrogens with two attached hydrogens (primary N) is 1. The van der Waals surface area contributed by atoms with Crippen LogP contribution in [-0.4, -0.2) is 21.0 Å². The number of nitrogens with zero attached hydrogens (tertiary/aromatic N) is 3. The molecule has 0 aliphatic heterocycles. The van der Waals surface area contributed by atoms with E-state index >= 15 is 0 Å². The Kier molecular flexibility index (Phi) is 3.59. The van der Waals surface area contributed by atoms with Crippen LogP contribution in [0.4, 0.5) is 0 Å². The topological polar surface area (TPSA) is 93.6 Å². The number of amidine groups is 1. The maximum absolute atomic E-state index is 8.58. The van der Waals surface area contributed by atoms with Gasteiger partial charge in [-0.15, -0.1) is 0 Å². The molecule has 3 N–H and O–H groups in total. The fourth-order valence-electron chi connectivity index (χ4n) is 1.25. The van der Waals surface area contributed by atoms with Crippen molar-refractivity contribution >= 4 is 17.4 Å². The summed E-state index contributed by atoms with van der Waals surface area (Å²) in [6, 6.07) is 4.74. The monoisotopic (exact) mass is 264 g/mol. The van der Waals surface area contributed by atoms with Gasteiger partial charge in [-0.1, -0.05) is 16.8 Å². The average molecular weight is 265 g/mol. The van der Waals surface area contributed by atoms with Crippen molar-refractivity contribution in [2.75, 3.05) is 0 Å². The van der Waals surface area contributed by atoms with Gasteiger partial charge < -0.3 is 15.7 Å². The zero-order valence-electron chi connectivity index (χ0n) is 9.12. The first-order chi connectivity index (χ1) is 8.69. The number of pyridine rings is 2. The minimum absolute atomic E-state index is 0.0218. The number of aromatic nitrogens is 2. The van der Waals surface area contributed by atoms with E-state index in [-0.39, 0.29) is 5.84 Å². The molecule has 0 aromatic carbocycles. The van der Waals surface area contributed by atoms with Crippen LogP contribution in [0.25, 0.3) is 0 Å². The van der Waals surface area contributed by atoms with Gasteiger partial charge in [0.2, 0.25) is 5.88 Å². The molecule has 2 rings (SSSR count). The van der Waals surface area contributed by atoms with Crippen molar-refractivity contribution in [3.63, 3.8) is 0 Å². The lowest BCUT2D eigenvalue weighted by Gasteiger charge is -2.05. The van der Waals surface area contributed by atoms with E-state index in [1.807, 2.05) is 0 Å². The Hall–Kier alpha value is -2.34. The number of oxime groups is 1. The Labute approximate surface area is 108 Å². The first kappa shape index (κ1) is 12.1. The van der Waals surface area contributed by atoms with Gasteiger partial charge in [0.1, 0.15) is 5.75 Å². The molecule has 0 amide bonds. The van der Waals surface area contributed by atoms with Gasteiger partial charge in [-0.2, -0.15) is 0 Å². The summed E-state index contributed by atoms with van der Waals surface area (Å²) in [4.78, 5) is 7.88. The Morgan fingerprint density at radius 1 is 1.39 bits per heavy atom. The molecule has 18 heavy (non-hydrogen) atoms. The smallest absolute Gasteiger partial charge is 0.219 e. The second-order valence-corrected chi connectivity index (χ2v) is 3.75. The minimum atomic E-state index is -0.0218. The highest BCUT2D eigenvalue weighted by Gasteiger charge is 2.04. The van der Waals surface area contributed by atoms with Crippen LogP contribution < -0.4 is 10.5 Å². The lowest BCUT2D eigenvalue weighted by atomic mass is 10.2. The molecule has 6 nitrogen and oxygen atoms in total. The molecule has 2 heterocycles. The second-order valence-electron chi connectivity index (χ2n) is 3.31. The highest BCUT2D eigenvalue weighted by molar-refractivity contribution is 6.30. The van der Waals surface area contributed by atoms with Gasteiger partial charge in [0.15, 0.2) is 5.84 Å². The summed E-state index contributed by atoms with van der Waals surface area (Å²) in [5, 5.41) is 11.9. The number of halogens is 1. The van der Waals surface area contributed by atoms with Crippen LogP contribution >= 0.6 is 11.6 Å². The molecule has 0 aliphatic rings. The third-order valence-electron chi connectivity index (χ3n) is 2.04. The van der Waals surface area contributed by atoms with E-state index in [1.54, 1.807) is 12.1 Å². The quantitative estimate of drug-likeness (QED) is 0.383. The molecule has 0 radical (unpaired) electrons. The van der Waals surface area contributed by atoms with E-state index in [0.29, 0.717) is 22.2 Å². The lowest BCUT2D eigenvalue weighted by Crippen LogP contribution is -2.13. The summed E-state index contributed by atoms with van der Waals surface area (Å²) in [6.07, 6.45) is 4.49. The summed E-state index contributed by atoms with van der Waals surface area (Å²) >= 11 is 5.78. The Morgan fingerprint density at radius 3 is 2.94 bits per heavy atom. The van der Waals surface area contributed by atoms with E-state index in [2.05, 4.69) is 15.1 Å². The van der Waals surface area contributed by atoms with Gasteiger partial charge in [0, 0.05) is 30.1 Å². The van der Waals surface area contributed by atoms with Crippen molar-refractivity contribution in [3.05, 3.63) is 47.4 Å². The van der Waals surface area contributed by atoms with E-state index in [4.69, 9.17) is 27.3 Å². The van der Waals surface area contributed by atoms with Crippen molar-refractivity contribution in [3.8, 4) is 11.6 Å². The van der Waals surface area contributed by atoms with Crippen molar-refractivity contribution in [2.45, 2.75) is 0 Å². The molecule has 7 heteroatoms. The van der Waals surface area contributed by atoms with Crippen LogP contribution in [0.3, 0.4) is 0 Å². The Morgan fingerprint density at radius 2 is 2.22 bits per heavy atom. The van der Waals surface area contributed by atoms with E-state index in [9.17, 15) is 0 Å². The standard InChI is InChI=1S/C11H9ClN4O2/c12-8-4-9(6-14-5-8)18-10-3-7(1-2-15-10)11(13)16-17/h1-6,17H,(H2,13,16). The van der Waals surface area contributed by atoms with E-state index < -0.39 is 0 Å². The molecule has 0 saturated carbocycles. The number of hydrogen-bond donors (Lipinski definition) is 2. The summed E-state index contributed by atoms with van der Waals surface area (Å²) in [5.74, 6) is 0.723. The van der Waals surface area contributed by atoms with Crippen molar-refractivity contribution in [1.29, 1.82) is 0 Å². The SMILES string of the molecule is NC(=NO)c1ccnc(Oc2cncc(Cl)c2)c1. The molecule has 0 aliphatic carbocycles. The minimum Gasteiger partial charge on any atom is -0.437 e. The summed E-state index contributed by atoms with van der Waals surface area (Å²) in [7, 11) is 0. The van der Waals surface area contributed by atoms with E-state index in [0.717, 1.165) is 0 Å². The fourth-order valence-corrected chi connectivity index (χ4v) is 1.42. The normalized spacial score (nSPS) is 11.3. The van der Waals surface area contributed by atoms with E-state index in [1.165, 1.54) is 24.7 Å². The largest absolute Gasteiger partial charge is 0.437 e. The summed E-state index contributed by atoms with van der Waals surface area (Å²) in [5.41, 5.74) is 5.96. The molecule has 0 spiro atoms. The van der Waals surface area contributed by atoms with Gasteiger partial charge in [-0.25, -0.2) is 4.98 Å². The molecular weight excluding hydrogens is 256 g/mol. The summed E-state index contributed by atoms with van der Waals surface area (Å²) < 4.78 is 5.44. The Bertz CT molecular complexity index is 589. The highest BCUT2D eigenvalue weighted by atomic mass is 35.5. The number of hydrogen-bond acceptors (Lipinski definition) is 5. The van der Waals surface area contributed by atoms with Gasteiger partial charge >= 0.3 is 0 Å². The van der Waals surface area contributed by atoms with Crippen LogP contribution in [0.2, 0.25) is 5.02 Å². The average Bonchev–Trinajstić information content (AvgIpc) is 2.38. The molecular formula is C11H9ClN4O2. The molecule has 0 bridgehead atoms. The molecule has 0 atom stereocenters. The van der Waals surface area contributed by atoms with Crippen LogP contribution in [0, 0.1) is 0 Å². The zero-order chi connectivity index (χ0) is 13.0. The molecule has 0 saturated heterocycles. The first-order valence-electron chi connectivity index (χ1n) is 4.91. The number of rotatable bonds is 3. The van der Waals surface area contributed by atoms with Gasteiger partial charge in [0.05, 0.1) is 11.2 Å². The first-order valence-corrected chi connectivity index (χ1v) is 5.29. The maximum Gasteiger partial charge on any atom is 0.219 e. The van der Waals surface area contributed by atoms with Crippen LogP contribution in [0.5, 0.6) is 11.6 Å². The van der Waals surface area contributed by atoms with Crippen LogP contribution in [-0.2, 0) is 0 Å². The zero-order valence-corrected chi connectivity index (χ0v) is 9.87. The molecule has 2 aromatic rings. The maximum atomic E-state index is 8.58. The van der Waals surface area contributed by atoms with Gasteiger partial charge in [0.25, 0.3) is 0 Å². The predicted molar refractivity (Wildman–Crippen MR) is 66.1 cm³/mol. The van der Waals surface area contributed by atoms with Crippen LogP contribution in [0.15, 0.2) is 41.9 Å². The molecule has 2 aromatic heterocycles. The summed E-state index contributed by atoms with van der Waals surface area (Å²) in [6.45, 7) is 0. The molecule has 0 fully saturated rings. The Balaban J connectivity index is 2.24. The molecule has 0 unspecified atom stereocenters. The van der Waals surface area contributed by atoms with Crippen molar-refractivity contribution in [2.24, 2.45) is 10.9 Å². The third kappa shape index (κ3) is 2.86. The van der Waals surface area contributed by atoms with Gasteiger partial charge in [-0.3, -0.25) is 4.98 Å². The number of ether oxygens (including phenoxy) is 1. The van der Waals surface area contributed by atoms with Crippen molar-refractivity contribution in [1.82, 2.24) is 9.97 Å². The fraction of sp³-hybridized carbons (Fsp3) is 0. The van der Waals surface area contributed by atoms with Gasteiger partial charge in [-0.05, 0) is 6.07 Å². The van der Waals surface area contributed by atoms with Crippen LogP contribution in [0.1, 0.15) is 5.56 Å². The van der Waals surface area contributed by atoms with Crippen molar-refractivity contribution < 1.29 is 9.94 Å². The highest BCUT2D eigenvalue weighted by Crippen LogP contribution is 2.21. The molecule has 92 valence electrons.